The Morgan fingerprint density at radius 2 is 1.81 bits per heavy atom. The van der Waals surface area contributed by atoms with Gasteiger partial charge in [-0.3, -0.25) is 4.79 Å². The van der Waals surface area contributed by atoms with Gasteiger partial charge < -0.3 is 15.0 Å². The molecule has 1 unspecified atom stereocenters. The van der Waals surface area contributed by atoms with Crippen LogP contribution >= 0.6 is 0 Å². The number of hydrogen-bond donors (Lipinski definition) is 1. The average Bonchev–Trinajstić information content (AvgIpc) is 2.66. The molecule has 1 saturated heterocycles. The molecule has 2 aliphatic rings. The van der Waals surface area contributed by atoms with Gasteiger partial charge in [0, 0.05) is 25.7 Å². The smallest absolute Gasteiger partial charge is 0.260 e. The van der Waals surface area contributed by atoms with E-state index < -0.39 is 6.10 Å². The van der Waals surface area contributed by atoms with Crippen molar-refractivity contribution >= 4 is 5.91 Å². The topological polar surface area (TPSA) is 41.6 Å². The fourth-order valence-electron chi connectivity index (χ4n) is 4.08. The van der Waals surface area contributed by atoms with Crippen molar-refractivity contribution in [2.24, 2.45) is 5.92 Å². The Morgan fingerprint density at radius 1 is 1.15 bits per heavy atom. The van der Waals surface area contributed by atoms with E-state index in [1.165, 1.54) is 50.8 Å². The Balaban J connectivity index is 1.37. The summed E-state index contributed by atoms with van der Waals surface area (Å²) in [6.07, 6.45) is 8.38. The molecule has 1 saturated carbocycles. The van der Waals surface area contributed by atoms with Crippen molar-refractivity contribution in [2.45, 2.75) is 64.0 Å². The minimum Gasteiger partial charge on any atom is -0.481 e. The van der Waals surface area contributed by atoms with Gasteiger partial charge in [0.15, 0.2) is 6.10 Å². The summed E-state index contributed by atoms with van der Waals surface area (Å²) < 4.78 is 18.5. The number of likely N-dealkylation sites (tertiary alicyclic amines) is 1. The van der Waals surface area contributed by atoms with E-state index >= 15 is 0 Å². The molecule has 1 N–H and O–H groups in total. The monoisotopic (exact) mass is 362 g/mol. The van der Waals surface area contributed by atoms with Crippen LogP contribution in [-0.2, 0) is 4.79 Å². The van der Waals surface area contributed by atoms with E-state index in [4.69, 9.17) is 4.74 Å². The van der Waals surface area contributed by atoms with E-state index in [-0.39, 0.29) is 17.8 Å². The summed E-state index contributed by atoms with van der Waals surface area (Å²) in [6.45, 7) is 5.09. The zero-order chi connectivity index (χ0) is 18.4. The standard InChI is InChI=1S/C21H31FN2O2/c1-16(26-20-9-7-18(22)8-10-20)21(25)23-19-11-13-24(14-12-19)15-17-5-3-2-4-6-17/h7-10,16-17,19H,2-6,11-15H2,1H3,(H,23,25). The molecule has 2 fully saturated rings. The Hall–Kier alpha value is -1.62. The molecule has 1 aliphatic carbocycles. The van der Waals surface area contributed by atoms with Gasteiger partial charge in [-0.2, -0.15) is 0 Å². The molecule has 144 valence electrons. The van der Waals surface area contributed by atoms with E-state index in [9.17, 15) is 9.18 Å². The van der Waals surface area contributed by atoms with Crippen LogP contribution in [0.3, 0.4) is 0 Å². The number of rotatable bonds is 6. The van der Waals surface area contributed by atoms with E-state index in [2.05, 4.69) is 10.2 Å². The van der Waals surface area contributed by atoms with Crippen molar-refractivity contribution in [3.8, 4) is 5.75 Å². The first-order chi connectivity index (χ1) is 12.6. The largest absolute Gasteiger partial charge is 0.481 e. The summed E-state index contributed by atoms with van der Waals surface area (Å²) >= 11 is 0. The molecule has 26 heavy (non-hydrogen) atoms. The summed E-state index contributed by atoms with van der Waals surface area (Å²) in [5.41, 5.74) is 0. The highest BCUT2D eigenvalue weighted by Crippen LogP contribution is 2.25. The molecule has 0 aromatic heterocycles. The highest BCUT2D eigenvalue weighted by molar-refractivity contribution is 5.81. The highest BCUT2D eigenvalue weighted by atomic mass is 19.1. The van der Waals surface area contributed by atoms with Crippen molar-refractivity contribution in [2.75, 3.05) is 19.6 Å². The maximum absolute atomic E-state index is 12.9. The molecule has 1 heterocycles. The highest BCUT2D eigenvalue weighted by Gasteiger charge is 2.25. The van der Waals surface area contributed by atoms with Gasteiger partial charge >= 0.3 is 0 Å². The number of carbonyl (C=O) groups is 1. The van der Waals surface area contributed by atoms with Gasteiger partial charge in [-0.1, -0.05) is 19.3 Å². The first-order valence-corrected chi connectivity index (χ1v) is 10.0. The van der Waals surface area contributed by atoms with Crippen LogP contribution in [0.25, 0.3) is 0 Å². The maximum Gasteiger partial charge on any atom is 0.260 e. The molecule has 1 aliphatic heterocycles. The molecule has 5 heteroatoms. The minimum absolute atomic E-state index is 0.0972. The predicted molar refractivity (Wildman–Crippen MR) is 101 cm³/mol. The fraction of sp³-hybridized carbons (Fsp3) is 0.667. The van der Waals surface area contributed by atoms with Crippen LogP contribution in [0.1, 0.15) is 51.9 Å². The number of hydrogen-bond acceptors (Lipinski definition) is 3. The van der Waals surface area contributed by atoms with Gasteiger partial charge in [-0.25, -0.2) is 4.39 Å². The molecule has 1 aromatic carbocycles. The first kappa shape index (κ1) is 19.2. The lowest BCUT2D eigenvalue weighted by molar-refractivity contribution is -0.128. The Labute approximate surface area is 156 Å². The number of piperidine rings is 1. The Kier molecular flexibility index (Phi) is 6.89. The molecule has 0 spiro atoms. The van der Waals surface area contributed by atoms with Crippen LogP contribution in [-0.4, -0.2) is 42.6 Å². The number of halogens is 1. The van der Waals surface area contributed by atoms with E-state index in [1.807, 2.05) is 0 Å². The second-order valence-corrected chi connectivity index (χ2v) is 7.80. The normalized spacial score (nSPS) is 21.3. The quantitative estimate of drug-likeness (QED) is 0.838. The van der Waals surface area contributed by atoms with Crippen molar-refractivity contribution in [1.29, 1.82) is 0 Å². The minimum atomic E-state index is -0.583. The van der Waals surface area contributed by atoms with E-state index in [0.717, 1.165) is 31.8 Å². The van der Waals surface area contributed by atoms with Crippen LogP contribution in [0.4, 0.5) is 4.39 Å². The van der Waals surface area contributed by atoms with Crippen LogP contribution in [0.2, 0.25) is 0 Å². The Morgan fingerprint density at radius 3 is 2.46 bits per heavy atom. The number of amides is 1. The summed E-state index contributed by atoms with van der Waals surface area (Å²) in [5, 5.41) is 3.11. The zero-order valence-electron chi connectivity index (χ0n) is 15.8. The van der Waals surface area contributed by atoms with Crippen molar-refractivity contribution in [3.05, 3.63) is 30.1 Å². The fourth-order valence-corrected chi connectivity index (χ4v) is 4.08. The van der Waals surface area contributed by atoms with Crippen molar-refractivity contribution in [1.82, 2.24) is 10.2 Å². The lowest BCUT2D eigenvalue weighted by Crippen LogP contribution is -2.48. The van der Waals surface area contributed by atoms with Crippen LogP contribution in [0.15, 0.2) is 24.3 Å². The number of nitrogens with one attached hydrogen (secondary N) is 1. The van der Waals surface area contributed by atoms with E-state index in [0.29, 0.717) is 5.75 Å². The Bertz CT molecular complexity index is 564. The third-order valence-electron chi connectivity index (χ3n) is 5.67. The van der Waals surface area contributed by atoms with Gasteiger partial charge in [-0.15, -0.1) is 0 Å². The second kappa shape index (κ2) is 9.36. The molecule has 3 rings (SSSR count). The summed E-state index contributed by atoms with van der Waals surface area (Å²) in [4.78, 5) is 14.9. The van der Waals surface area contributed by atoms with Gasteiger partial charge in [-0.05, 0) is 62.8 Å². The molecule has 1 atom stereocenters. The lowest BCUT2D eigenvalue weighted by Gasteiger charge is -2.35. The van der Waals surface area contributed by atoms with Crippen molar-refractivity contribution in [3.63, 3.8) is 0 Å². The van der Waals surface area contributed by atoms with E-state index in [1.54, 1.807) is 19.1 Å². The number of benzene rings is 1. The molecular formula is C21H31FN2O2. The first-order valence-electron chi connectivity index (χ1n) is 10.0. The van der Waals surface area contributed by atoms with Crippen LogP contribution < -0.4 is 10.1 Å². The predicted octanol–water partition coefficient (Wildman–Crippen LogP) is 3.75. The maximum atomic E-state index is 12.9. The molecule has 0 radical (unpaired) electrons. The molecular weight excluding hydrogens is 331 g/mol. The summed E-state index contributed by atoms with van der Waals surface area (Å²) in [5.74, 6) is 0.977. The summed E-state index contributed by atoms with van der Waals surface area (Å²) in [6, 6.07) is 5.99. The second-order valence-electron chi connectivity index (χ2n) is 7.80. The molecule has 1 aromatic rings. The number of ether oxygens (including phenoxy) is 1. The zero-order valence-corrected chi connectivity index (χ0v) is 15.8. The number of nitrogens with zero attached hydrogens (tertiary/aromatic N) is 1. The molecule has 0 bridgehead atoms. The molecule has 4 nitrogen and oxygen atoms in total. The van der Waals surface area contributed by atoms with Crippen LogP contribution in [0, 0.1) is 11.7 Å². The van der Waals surface area contributed by atoms with Gasteiger partial charge in [0.25, 0.3) is 5.91 Å². The van der Waals surface area contributed by atoms with Crippen LogP contribution in [0.5, 0.6) is 5.75 Å². The number of carbonyl (C=O) groups excluding carboxylic acids is 1. The lowest BCUT2D eigenvalue weighted by atomic mass is 9.88. The SMILES string of the molecule is CC(Oc1ccc(F)cc1)C(=O)NC1CCN(CC2CCCCC2)CC1. The van der Waals surface area contributed by atoms with Crippen molar-refractivity contribution < 1.29 is 13.9 Å². The third-order valence-corrected chi connectivity index (χ3v) is 5.67. The summed E-state index contributed by atoms with van der Waals surface area (Å²) in [7, 11) is 0. The van der Waals surface area contributed by atoms with Gasteiger partial charge in [0.1, 0.15) is 11.6 Å². The molecule has 1 amide bonds. The van der Waals surface area contributed by atoms with Gasteiger partial charge in [0.2, 0.25) is 0 Å². The third kappa shape index (κ3) is 5.70. The van der Waals surface area contributed by atoms with Gasteiger partial charge in [0.05, 0.1) is 0 Å². The average molecular weight is 362 g/mol.